The van der Waals surface area contributed by atoms with Gasteiger partial charge >= 0.3 is 0 Å². The minimum Gasteiger partial charge on any atom is -0.337 e. The van der Waals surface area contributed by atoms with Gasteiger partial charge in [-0.3, -0.25) is 19.4 Å². The second-order valence-electron chi connectivity index (χ2n) is 10.0. The number of hydrogen-bond donors (Lipinski definition) is 1. The van der Waals surface area contributed by atoms with Crippen molar-refractivity contribution in [2.24, 2.45) is 5.92 Å². The lowest BCUT2D eigenvalue weighted by Gasteiger charge is -2.53. The number of rotatable bonds is 8. The Labute approximate surface area is 223 Å². The Morgan fingerprint density at radius 3 is 2.32 bits per heavy atom. The van der Waals surface area contributed by atoms with Gasteiger partial charge in [0, 0.05) is 26.6 Å². The van der Waals surface area contributed by atoms with Crippen molar-refractivity contribution in [3.8, 4) is 0 Å². The predicted molar refractivity (Wildman–Crippen MR) is 150 cm³/mol. The molecule has 2 aliphatic heterocycles. The fourth-order valence-electron chi connectivity index (χ4n) is 4.68. The molecule has 0 bridgehead atoms. The van der Waals surface area contributed by atoms with Crippen molar-refractivity contribution in [1.82, 2.24) is 25.1 Å². The summed E-state index contributed by atoms with van der Waals surface area (Å²) in [6.45, 7) is 6.28. The first-order valence-electron chi connectivity index (χ1n) is 12.8. The fraction of sp³-hybridized carbons (Fsp3) is 0.464. The van der Waals surface area contributed by atoms with Gasteiger partial charge in [0.05, 0.1) is 13.1 Å². The molecule has 3 amide bonds. The summed E-state index contributed by atoms with van der Waals surface area (Å²) in [5.74, 6) is 0.333. The Hall–Kier alpha value is -2.80. The molecule has 2 saturated heterocycles. The highest BCUT2D eigenvalue weighted by Crippen LogP contribution is 2.27. The van der Waals surface area contributed by atoms with Crippen LogP contribution in [0.1, 0.15) is 31.4 Å². The van der Waals surface area contributed by atoms with Gasteiger partial charge in [-0.1, -0.05) is 68.4 Å². The molecule has 200 valence electrons. The molecule has 4 rings (SSSR count). The molecular weight excluding hydrogens is 485 g/mol. The third-order valence-corrected chi connectivity index (χ3v) is 7.09. The van der Waals surface area contributed by atoms with Crippen LogP contribution in [-0.2, 0) is 27.3 Å². The van der Waals surface area contributed by atoms with E-state index < -0.39 is 12.2 Å². The lowest BCUT2D eigenvalue weighted by atomic mass is 9.98. The molecule has 0 spiro atoms. The van der Waals surface area contributed by atoms with Crippen molar-refractivity contribution in [1.29, 1.82) is 0 Å². The van der Waals surface area contributed by atoms with Crippen LogP contribution in [0, 0.1) is 5.92 Å². The summed E-state index contributed by atoms with van der Waals surface area (Å²) < 4.78 is 0. The van der Waals surface area contributed by atoms with Crippen molar-refractivity contribution >= 4 is 32.8 Å². The number of fused-ring (bicyclic) bond motifs is 1. The molecule has 2 aromatic carbocycles. The number of nitrogens with zero attached hydrogens (tertiary/aromatic N) is 4. The van der Waals surface area contributed by atoms with Crippen LogP contribution < -0.4 is 10.6 Å². The number of likely N-dealkylation sites (N-methyl/N-ethyl adjacent to an activating group) is 1. The molecule has 2 heterocycles. The van der Waals surface area contributed by atoms with E-state index in [1.54, 1.807) is 17.0 Å². The van der Waals surface area contributed by atoms with Crippen molar-refractivity contribution < 1.29 is 14.4 Å². The standard InChI is InChI=1S/C20H28N4O3.C8H12NP/c1-15(2)9-10-22-12-18-23(14-25)21(3)13-19(26)24(18)17(20(22)27)11-16-7-5-4-6-8-16;1-9-6-7-2-4-8(10)5-3-7/h4-8,14-15,17-18H,9-13H2,1-3H3;2-5,9H,6,10H2,1H3/t17-,18?;/m0./s1. The first kappa shape index (κ1) is 28.8. The third kappa shape index (κ3) is 7.60. The van der Waals surface area contributed by atoms with Crippen LogP contribution in [-0.4, -0.2) is 84.0 Å². The number of amides is 3. The number of nitrogens with one attached hydrogen (secondary N) is 1. The molecule has 2 unspecified atom stereocenters. The van der Waals surface area contributed by atoms with Gasteiger partial charge in [-0.2, -0.15) is 0 Å². The molecule has 0 radical (unpaired) electrons. The van der Waals surface area contributed by atoms with E-state index in [1.165, 1.54) is 15.9 Å². The molecule has 8 nitrogen and oxygen atoms in total. The highest BCUT2D eigenvalue weighted by Gasteiger charge is 2.48. The lowest BCUT2D eigenvalue weighted by Crippen LogP contribution is -2.74. The van der Waals surface area contributed by atoms with Gasteiger partial charge in [0.1, 0.15) is 12.2 Å². The summed E-state index contributed by atoms with van der Waals surface area (Å²) in [6, 6.07) is 17.6. The smallest absolute Gasteiger partial charge is 0.245 e. The minimum absolute atomic E-state index is 0.0282. The summed E-state index contributed by atoms with van der Waals surface area (Å²) in [5.41, 5.74) is 2.33. The Morgan fingerprint density at radius 1 is 1.05 bits per heavy atom. The summed E-state index contributed by atoms with van der Waals surface area (Å²) in [5, 5.41) is 7.50. The quantitative estimate of drug-likeness (QED) is 0.421. The van der Waals surface area contributed by atoms with Crippen LogP contribution in [0.2, 0.25) is 0 Å². The molecule has 0 aliphatic carbocycles. The van der Waals surface area contributed by atoms with Crippen LogP contribution in [0.3, 0.4) is 0 Å². The van der Waals surface area contributed by atoms with Crippen LogP contribution in [0.5, 0.6) is 0 Å². The Morgan fingerprint density at radius 2 is 1.73 bits per heavy atom. The van der Waals surface area contributed by atoms with Gasteiger partial charge in [0.15, 0.2) is 0 Å². The summed E-state index contributed by atoms with van der Waals surface area (Å²) in [4.78, 5) is 41.2. The first-order chi connectivity index (χ1) is 17.7. The summed E-state index contributed by atoms with van der Waals surface area (Å²) in [7, 11) is 6.35. The number of hydrazine groups is 1. The maximum absolute atomic E-state index is 13.2. The number of hydrogen-bond acceptors (Lipinski definition) is 5. The van der Waals surface area contributed by atoms with E-state index in [1.807, 2.05) is 42.3 Å². The van der Waals surface area contributed by atoms with Crippen molar-refractivity contribution in [2.45, 2.75) is 45.4 Å². The number of benzene rings is 2. The molecule has 0 aromatic heterocycles. The molecule has 2 fully saturated rings. The number of piperazine rings is 1. The van der Waals surface area contributed by atoms with Gasteiger partial charge in [-0.15, -0.1) is 9.24 Å². The van der Waals surface area contributed by atoms with Gasteiger partial charge < -0.3 is 15.1 Å². The van der Waals surface area contributed by atoms with Crippen LogP contribution in [0.25, 0.3) is 0 Å². The average Bonchev–Trinajstić information content (AvgIpc) is 2.87. The monoisotopic (exact) mass is 525 g/mol. The fourth-order valence-corrected chi connectivity index (χ4v) is 4.87. The Balaban J connectivity index is 0.000000319. The highest BCUT2D eigenvalue weighted by molar-refractivity contribution is 7.27. The summed E-state index contributed by atoms with van der Waals surface area (Å²) >= 11 is 0. The SMILES string of the molecule is CC(C)CCN1CC2N(C(=O)CN(C)N2C=O)[C@@H](Cc2ccccc2)C1=O.CNCc1ccc(P)cc1. The lowest BCUT2D eigenvalue weighted by molar-refractivity contribution is -0.196. The largest absolute Gasteiger partial charge is 0.337 e. The van der Waals surface area contributed by atoms with E-state index in [4.69, 9.17) is 0 Å². The van der Waals surface area contributed by atoms with Crippen molar-refractivity contribution in [2.75, 3.05) is 33.7 Å². The normalized spacial score (nSPS) is 20.0. The van der Waals surface area contributed by atoms with E-state index in [0.29, 0.717) is 25.4 Å². The zero-order valence-electron chi connectivity index (χ0n) is 22.3. The molecule has 2 aliphatic rings. The van der Waals surface area contributed by atoms with Gasteiger partial charge in [0.25, 0.3) is 0 Å². The van der Waals surface area contributed by atoms with Crippen LogP contribution >= 0.6 is 9.24 Å². The van der Waals surface area contributed by atoms with Crippen molar-refractivity contribution in [3.63, 3.8) is 0 Å². The van der Waals surface area contributed by atoms with Crippen LogP contribution in [0.4, 0.5) is 0 Å². The minimum atomic E-state index is -0.582. The molecule has 2 aromatic rings. The molecule has 9 heteroatoms. The zero-order chi connectivity index (χ0) is 26.9. The second-order valence-corrected chi connectivity index (χ2v) is 10.7. The number of carbonyl (C=O) groups is 3. The predicted octanol–water partition coefficient (Wildman–Crippen LogP) is 1.87. The first-order valence-corrected chi connectivity index (χ1v) is 13.4. The van der Waals surface area contributed by atoms with E-state index in [9.17, 15) is 14.4 Å². The second kappa shape index (κ2) is 13.7. The van der Waals surface area contributed by atoms with Crippen molar-refractivity contribution in [3.05, 3.63) is 65.7 Å². The molecule has 3 atom stereocenters. The topological polar surface area (TPSA) is 76.2 Å². The zero-order valence-corrected chi connectivity index (χ0v) is 23.5. The Kier molecular flexibility index (Phi) is 10.6. The number of carbonyl (C=O) groups excluding carboxylic acids is 3. The third-order valence-electron chi connectivity index (χ3n) is 6.71. The van der Waals surface area contributed by atoms with E-state index in [2.05, 4.69) is 52.7 Å². The van der Waals surface area contributed by atoms with Gasteiger partial charge in [-0.25, -0.2) is 5.01 Å². The van der Waals surface area contributed by atoms with E-state index in [0.717, 1.165) is 24.9 Å². The highest BCUT2D eigenvalue weighted by atomic mass is 31.0. The summed E-state index contributed by atoms with van der Waals surface area (Å²) in [6.07, 6.45) is 1.64. The Bertz CT molecular complexity index is 1030. The van der Waals surface area contributed by atoms with Gasteiger partial charge in [-0.05, 0) is 35.8 Å². The van der Waals surface area contributed by atoms with Gasteiger partial charge in [0.2, 0.25) is 18.2 Å². The van der Waals surface area contributed by atoms with E-state index in [-0.39, 0.29) is 18.4 Å². The maximum Gasteiger partial charge on any atom is 0.245 e. The molecular formula is C28H40N5O3P. The molecule has 0 saturated carbocycles. The molecule has 1 N–H and O–H groups in total. The molecule has 37 heavy (non-hydrogen) atoms. The maximum atomic E-state index is 13.2. The van der Waals surface area contributed by atoms with Crippen LogP contribution in [0.15, 0.2) is 54.6 Å². The average molecular weight is 526 g/mol. The van der Waals surface area contributed by atoms with E-state index >= 15 is 0 Å².